The second-order valence-electron chi connectivity index (χ2n) is 6.01. The minimum atomic E-state index is 0.597. The van der Waals surface area contributed by atoms with Crippen LogP contribution in [0.1, 0.15) is 18.3 Å². The molecule has 26 heavy (non-hydrogen) atoms. The fraction of sp³-hybridized carbons (Fsp3) is 0.182. The molecule has 0 saturated heterocycles. The smallest absolute Gasteiger partial charge is 0.118 e. The van der Waals surface area contributed by atoms with Crippen LogP contribution < -0.4 is 4.74 Å². The van der Waals surface area contributed by atoms with Crippen molar-refractivity contribution >= 4 is 21.9 Å². The molecule has 0 N–H and O–H groups in total. The molecule has 4 aromatic rings. The summed E-state index contributed by atoms with van der Waals surface area (Å²) in [6.07, 6.45) is 2.71. The largest absolute Gasteiger partial charge is 0.497 e. The van der Waals surface area contributed by atoms with Crippen molar-refractivity contribution in [3.05, 3.63) is 66.1 Å². The number of fused-ring (bicyclic) bond motifs is 3. The summed E-state index contributed by atoms with van der Waals surface area (Å²) in [7, 11) is 1.66. The number of pyridine rings is 1. The summed E-state index contributed by atoms with van der Waals surface area (Å²) in [4.78, 5) is 9.26. The van der Waals surface area contributed by atoms with E-state index in [1.54, 1.807) is 7.11 Å². The summed E-state index contributed by atoms with van der Waals surface area (Å²) >= 11 is 0. The molecule has 0 saturated carbocycles. The first-order chi connectivity index (χ1) is 12.8. The topological polar surface area (TPSA) is 39.9 Å². The van der Waals surface area contributed by atoms with Crippen LogP contribution in [0.15, 0.2) is 54.7 Å². The minimum Gasteiger partial charge on any atom is -0.497 e. The van der Waals surface area contributed by atoms with Crippen molar-refractivity contribution in [1.82, 2.24) is 14.5 Å². The number of nitrogens with zero attached hydrogens (tertiary/aromatic N) is 3. The minimum absolute atomic E-state index is 0.597. The first-order valence-electron chi connectivity index (χ1n) is 8.66. The lowest BCUT2D eigenvalue weighted by molar-refractivity contribution is 0.415. The van der Waals surface area contributed by atoms with Gasteiger partial charge in [-0.25, -0.2) is 4.98 Å². The number of hydrogen-bond acceptors (Lipinski definition) is 3. The van der Waals surface area contributed by atoms with E-state index in [4.69, 9.17) is 9.72 Å². The monoisotopic (exact) mass is 341 g/mol. The van der Waals surface area contributed by atoms with E-state index in [1.807, 2.05) is 48.7 Å². The summed E-state index contributed by atoms with van der Waals surface area (Å²) in [5.41, 5.74) is 3.98. The van der Waals surface area contributed by atoms with Crippen LogP contribution in [0.3, 0.4) is 0 Å². The van der Waals surface area contributed by atoms with Crippen molar-refractivity contribution in [2.45, 2.75) is 19.9 Å². The van der Waals surface area contributed by atoms with Gasteiger partial charge in [0.25, 0.3) is 0 Å². The maximum absolute atomic E-state index is 5.19. The second-order valence-corrected chi connectivity index (χ2v) is 6.01. The third kappa shape index (κ3) is 2.89. The lowest BCUT2D eigenvalue weighted by Gasteiger charge is -2.05. The Morgan fingerprint density at radius 1 is 1.04 bits per heavy atom. The van der Waals surface area contributed by atoms with Crippen molar-refractivity contribution < 1.29 is 4.74 Å². The molecule has 2 heterocycles. The Kier molecular flexibility index (Phi) is 4.28. The fourth-order valence-corrected chi connectivity index (χ4v) is 3.15. The van der Waals surface area contributed by atoms with Gasteiger partial charge in [0.15, 0.2) is 0 Å². The molecule has 0 fully saturated rings. The normalized spacial score (nSPS) is 10.7. The van der Waals surface area contributed by atoms with Gasteiger partial charge in [0, 0.05) is 17.4 Å². The Morgan fingerprint density at radius 2 is 1.85 bits per heavy atom. The predicted octanol–water partition coefficient (Wildman–Crippen LogP) is 4.21. The van der Waals surface area contributed by atoms with Crippen LogP contribution in [0, 0.1) is 11.8 Å². The molecule has 4 rings (SSSR count). The molecule has 4 nitrogen and oxygen atoms in total. The molecule has 0 bridgehead atoms. The van der Waals surface area contributed by atoms with E-state index in [2.05, 4.69) is 34.4 Å². The number of benzene rings is 2. The van der Waals surface area contributed by atoms with Crippen LogP contribution >= 0.6 is 0 Å². The van der Waals surface area contributed by atoms with Crippen LogP contribution in [0.25, 0.3) is 21.9 Å². The van der Waals surface area contributed by atoms with Gasteiger partial charge in [0.2, 0.25) is 0 Å². The van der Waals surface area contributed by atoms with Gasteiger partial charge in [-0.15, -0.1) is 0 Å². The zero-order valence-corrected chi connectivity index (χ0v) is 14.9. The molecule has 0 amide bonds. The molecule has 2 aromatic heterocycles. The maximum atomic E-state index is 5.19. The number of para-hydroxylation sites is 1. The van der Waals surface area contributed by atoms with Gasteiger partial charge < -0.3 is 9.30 Å². The van der Waals surface area contributed by atoms with Gasteiger partial charge in [0.1, 0.15) is 17.1 Å². The average Bonchev–Trinajstić information content (AvgIpc) is 3.07. The van der Waals surface area contributed by atoms with Crippen molar-refractivity contribution in [1.29, 1.82) is 0 Å². The lowest BCUT2D eigenvalue weighted by atomic mass is 10.2. The molecule has 0 atom stereocenters. The number of hydrogen-bond donors (Lipinski definition) is 0. The molecule has 4 heteroatoms. The predicted molar refractivity (Wildman–Crippen MR) is 104 cm³/mol. The summed E-state index contributed by atoms with van der Waals surface area (Å²) in [6.45, 7) is 2.71. The van der Waals surface area contributed by atoms with Crippen LogP contribution in [0.4, 0.5) is 0 Å². The molecule has 0 aliphatic rings. The molecule has 128 valence electrons. The van der Waals surface area contributed by atoms with Crippen molar-refractivity contribution in [3.8, 4) is 17.6 Å². The number of ether oxygens (including phenoxy) is 1. The van der Waals surface area contributed by atoms with Crippen molar-refractivity contribution in [2.24, 2.45) is 0 Å². The highest BCUT2D eigenvalue weighted by Gasteiger charge is 2.12. The number of imidazole rings is 1. The highest BCUT2D eigenvalue weighted by Crippen LogP contribution is 2.24. The van der Waals surface area contributed by atoms with E-state index in [0.29, 0.717) is 6.54 Å². The van der Waals surface area contributed by atoms with Gasteiger partial charge in [-0.3, -0.25) is 4.98 Å². The van der Waals surface area contributed by atoms with Gasteiger partial charge in [-0.2, -0.15) is 0 Å². The molecular weight excluding hydrogens is 322 g/mol. The summed E-state index contributed by atoms with van der Waals surface area (Å²) < 4.78 is 7.39. The molecule has 2 aromatic carbocycles. The van der Waals surface area contributed by atoms with E-state index in [9.17, 15) is 0 Å². The van der Waals surface area contributed by atoms with Gasteiger partial charge >= 0.3 is 0 Å². The van der Waals surface area contributed by atoms with E-state index in [-0.39, 0.29) is 0 Å². The zero-order valence-electron chi connectivity index (χ0n) is 14.9. The first-order valence-corrected chi connectivity index (χ1v) is 8.66. The number of methoxy groups -OCH3 is 1. The van der Waals surface area contributed by atoms with Gasteiger partial charge in [0.05, 0.1) is 30.9 Å². The lowest BCUT2D eigenvalue weighted by Crippen LogP contribution is -2.02. The van der Waals surface area contributed by atoms with Crippen molar-refractivity contribution in [2.75, 3.05) is 7.11 Å². The van der Waals surface area contributed by atoms with E-state index in [0.717, 1.165) is 45.5 Å². The number of aryl methyl sites for hydroxylation is 1. The Bertz CT molecular complexity index is 1130. The quantitative estimate of drug-likeness (QED) is 0.524. The van der Waals surface area contributed by atoms with Crippen LogP contribution in [0.2, 0.25) is 0 Å². The van der Waals surface area contributed by atoms with E-state index < -0.39 is 0 Å². The van der Waals surface area contributed by atoms with Crippen molar-refractivity contribution in [3.63, 3.8) is 0 Å². The standard InChI is InChI=1S/C22H19N3O/c1-3-21-24-20-15-23-19-9-5-4-8-18(19)22(20)25(21)14-6-7-16-10-12-17(26-2)13-11-16/h4-5,8-13,15H,3,14H2,1-2H3. The second kappa shape index (κ2) is 6.89. The number of rotatable bonds is 3. The zero-order chi connectivity index (χ0) is 17.9. The Morgan fingerprint density at radius 3 is 2.62 bits per heavy atom. The summed E-state index contributed by atoms with van der Waals surface area (Å²) in [5.74, 6) is 8.38. The van der Waals surface area contributed by atoms with E-state index in [1.165, 1.54) is 0 Å². The molecule has 0 aliphatic carbocycles. The molecule has 0 aliphatic heterocycles. The third-order valence-corrected chi connectivity index (χ3v) is 4.43. The molecule has 0 unspecified atom stereocenters. The molecule has 0 radical (unpaired) electrons. The average molecular weight is 341 g/mol. The Hall–Kier alpha value is -3.32. The van der Waals surface area contributed by atoms with Gasteiger partial charge in [-0.1, -0.05) is 37.0 Å². The summed E-state index contributed by atoms with van der Waals surface area (Å²) in [5, 5.41) is 1.11. The van der Waals surface area contributed by atoms with Crippen LogP contribution in [-0.4, -0.2) is 21.6 Å². The fourth-order valence-electron chi connectivity index (χ4n) is 3.15. The van der Waals surface area contributed by atoms with Gasteiger partial charge in [-0.05, 0) is 30.3 Å². The Balaban J connectivity index is 1.75. The SMILES string of the molecule is CCc1nc2cnc3ccccc3c2n1CC#Cc1ccc(OC)cc1. The molecule has 0 spiro atoms. The highest BCUT2D eigenvalue weighted by molar-refractivity contribution is 6.02. The first kappa shape index (κ1) is 16.2. The maximum Gasteiger partial charge on any atom is 0.118 e. The van der Waals surface area contributed by atoms with Crippen LogP contribution in [0.5, 0.6) is 5.75 Å². The highest BCUT2D eigenvalue weighted by atomic mass is 16.5. The van der Waals surface area contributed by atoms with E-state index >= 15 is 0 Å². The molecular formula is C22H19N3O. The number of aromatic nitrogens is 3. The summed E-state index contributed by atoms with van der Waals surface area (Å²) in [6, 6.07) is 16.0. The van der Waals surface area contributed by atoms with Crippen LogP contribution in [-0.2, 0) is 13.0 Å². The Labute approximate surface area is 152 Å². The third-order valence-electron chi connectivity index (χ3n) is 4.43.